The first-order valence-corrected chi connectivity index (χ1v) is 10.5. The summed E-state index contributed by atoms with van der Waals surface area (Å²) in [6.45, 7) is 7.64. The fourth-order valence-electron chi connectivity index (χ4n) is 3.99. The molecule has 1 spiro atoms. The fraction of sp³-hybridized carbons (Fsp3) is 1.00. The van der Waals surface area contributed by atoms with Gasteiger partial charge in [-0.05, 0) is 38.1 Å². The Morgan fingerprint density at radius 2 is 1.95 bits per heavy atom. The van der Waals surface area contributed by atoms with Gasteiger partial charge in [0.25, 0.3) is 0 Å². The van der Waals surface area contributed by atoms with Crippen LogP contribution in [0.5, 0.6) is 0 Å². The van der Waals surface area contributed by atoms with Crippen molar-refractivity contribution in [2.24, 2.45) is 5.92 Å². The number of rotatable bonds is 6. The summed E-state index contributed by atoms with van der Waals surface area (Å²) in [6.07, 6.45) is 8.53. The molecular weight excluding hydrogens is 284 g/mol. The summed E-state index contributed by atoms with van der Waals surface area (Å²) in [5, 5.41) is 3.83. The number of nitrogens with one attached hydrogen (secondary N) is 1. The van der Waals surface area contributed by atoms with Crippen LogP contribution in [0.1, 0.15) is 52.4 Å². The first kappa shape index (κ1) is 17.2. The van der Waals surface area contributed by atoms with Crippen molar-refractivity contribution in [3.8, 4) is 0 Å². The second-order valence-electron chi connectivity index (χ2n) is 7.61. The molecule has 0 aromatic heterocycles. The molecule has 2 rings (SSSR count). The van der Waals surface area contributed by atoms with Crippen LogP contribution in [0, 0.1) is 5.92 Å². The Kier molecular flexibility index (Phi) is 5.71. The maximum absolute atomic E-state index is 11.4. The van der Waals surface area contributed by atoms with E-state index in [9.17, 15) is 8.42 Å². The highest BCUT2D eigenvalue weighted by molar-refractivity contribution is 7.90. The molecule has 1 unspecified atom stereocenters. The number of sulfone groups is 1. The maximum Gasteiger partial charge on any atom is 0.147 e. The van der Waals surface area contributed by atoms with Crippen molar-refractivity contribution in [2.45, 2.75) is 64.0 Å². The molecule has 0 radical (unpaired) electrons. The molecule has 1 aliphatic heterocycles. The molecule has 5 heteroatoms. The number of hydrogen-bond donors (Lipinski definition) is 1. The Hall–Kier alpha value is -0.130. The topological polar surface area (TPSA) is 49.4 Å². The smallest absolute Gasteiger partial charge is 0.147 e. The first-order valence-electron chi connectivity index (χ1n) is 8.46. The highest BCUT2D eigenvalue weighted by Crippen LogP contribution is 2.34. The average Bonchev–Trinajstić information content (AvgIpc) is 2.79. The van der Waals surface area contributed by atoms with E-state index in [0.29, 0.717) is 23.3 Å². The highest BCUT2D eigenvalue weighted by Gasteiger charge is 2.40. The predicted octanol–water partition coefficient (Wildman–Crippen LogP) is 2.05. The Labute approximate surface area is 130 Å². The van der Waals surface area contributed by atoms with Crippen molar-refractivity contribution in [1.29, 1.82) is 0 Å². The van der Waals surface area contributed by atoms with Gasteiger partial charge in [0.1, 0.15) is 9.84 Å². The van der Waals surface area contributed by atoms with Gasteiger partial charge in [-0.3, -0.25) is 4.90 Å². The summed E-state index contributed by atoms with van der Waals surface area (Å²) in [5.41, 5.74) is 0.318. The van der Waals surface area contributed by atoms with Gasteiger partial charge in [0, 0.05) is 30.9 Å². The molecule has 1 atom stereocenters. The average molecular weight is 317 g/mol. The molecule has 2 aliphatic rings. The molecule has 1 saturated carbocycles. The van der Waals surface area contributed by atoms with Crippen LogP contribution in [0.2, 0.25) is 0 Å². The zero-order chi connectivity index (χ0) is 15.5. The molecule has 2 fully saturated rings. The maximum atomic E-state index is 11.4. The minimum Gasteiger partial charge on any atom is -0.308 e. The van der Waals surface area contributed by atoms with E-state index in [1.165, 1.54) is 38.4 Å². The molecule has 0 aromatic carbocycles. The van der Waals surface area contributed by atoms with Crippen LogP contribution in [0.3, 0.4) is 0 Å². The lowest BCUT2D eigenvalue weighted by Crippen LogP contribution is -2.63. The molecule has 1 aliphatic carbocycles. The molecule has 0 bridgehead atoms. The van der Waals surface area contributed by atoms with Crippen molar-refractivity contribution < 1.29 is 8.42 Å². The SMILES string of the molecule is CC(C)CC1CNC2(CCCC2)CN1CCCS(C)(=O)=O. The van der Waals surface area contributed by atoms with Crippen molar-refractivity contribution in [3.05, 3.63) is 0 Å². The van der Waals surface area contributed by atoms with Crippen molar-refractivity contribution >= 4 is 9.84 Å². The van der Waals surface area contributed by atoms with Crippen LogP contribution >= 0.6 is 0 Å². The van der Waals surface area contributed by atoms with E-state index in [4.69, 9.17) is 0 Å². The second-order valence-corrected chi connectivity index (χ2v) is 9.87. The van der Waals surface area contributed by atoms with E-state index in [2.05, 4.69) is 24.1 Å². The third-order valence-electron chi connectivity index (χ3n) is 5.00. The quantitative estimate of drug-likeness (QED) is 0.815. The largest absolute Gasteiger partial charge is 0.308 e. The molecular formula is C16H32N2O2S. The van der Waals surface area contributed by atoms with Crippen LogP contribution in [-0.4, -0.2) is 56.5 Å². The molecule has 1 saturated heterocycles. The van der Waals surface area contributed by atoms with Crippen LogP contribution in [-0.2, 0) is 9.84 Å². The summed E-state index contributed by atoms with van der Waals surface area (Å²) >= 11 is 0. The number of nitrogens with zero attached hydrogens (tertiary/aromatic N) is 1. The third-order valence-corrected chi connectivity index (χ3v) is 6.03. The normalized spacial score (nSPS) is 26.8. The van der Waals surface area contributed by atoms with Gasteiger partial charge in [-0.15, -0.1) is 0 Å². The Bertz CT molecular complexity index is 428. The van der Waals surface area contributed by atoms with Crippen molar-refractivity contribution in [2.75, 3.05) is 31.6 Å². The van der Waals surface area contributed by atoms with Gasteiger partial charge in [-0.2, -0.15) is 0 Å². The number of hydrogen-bond acceptors (Lipinski definition) is 4. The summed E-state index contributed by atoms with van der Waals surface area (Å²) in [7, 11) is -2.84. The highest BCUT2D eigenvalue weighted by atomic mass is 32.2. The third kappa shape index (κ3) is 5.22. The van der Waals surface area contributed by atoms with E-state index < -0.39 is 9.84 Å². The van der Waals surface area contributed by atoms with Gasteiger partial charge in [0.2, 0.25) is 0 Å². The van der Waals surface area contributed by atoms with Gasteiger partial charge >= 0.3 is 0 Å². The minimum atomic E-state index is -2.84. The first-order chi connectivity index (χ1) is 9.80. The fourth-order valence-corrected chi connectivity index (χ4v) is 4.65. The Morgan fingerprint density at radius 3 is 2.52 bits per heavy atom. The molecule has 1 heterocycles. The van der Waals surface area contributed by atoms with Crippen molar-refractivity contribution in [3.63, 3.8) is 0 Å². The predicted molar refractivity (Wildman–Crippen MR) is 88.3 cm³/mol. The lowest BCUT2D eigenvalue weighted by Gasteiger charge is -2.47. The second kappa shape index (κ2) is 6.97. The molecule has 1 N–H and O–H groups in total. The lowest BCUT2D eigenvalue weighted by atomic mass is 9.90. The van der Waals surface area contributed by atoms with Gasteiger partial charge in [-0.25, -0.2) is 8.42 Å². The van der Waals surface area contributed by atoms with Gasteiger partial charge in [0.15, 0.2) is 0 Å². The molecule has 0 amide bonds. The van der Waals surface area contributed by atoms with E-state index >= 15 is 0 Å². The summed E-state index contributed by atoms with van der Waals surface area (Å²) in [4.78, 5) is 2.58. The van der Waals surface area contributed by atoms with Gasteiger partial charge < -0.3 is 5.32 Å². The zero-order valence-electron chi connectivity index (χ0n) is 13.9. The van der Waals surface area contributed by atoms with Crippen LogP contribution in [0.25, 0.3) is 0 Å². The van der Waals surface area contributed by atoms with Crippen LogP contribution < -0.4 is 5.32 Å². The van der Waals surface area contributed by atoms with Crippen LogP contribution in [0.15, 0.2) is 0 Å². The van der Waals surface area contributed by atoms with E-state index in [0.717, 1.165) is 26.1 Å². The van der Waals surface area contributed by atoms with Gasteiger partial charge in [0.05, 0.1) is 5.75 Å². The van der Waals surface area contributed by atoms with E-state index in [1.807, 2.05) is 0 Å². The van der Waals surface area contributed by atoms with Crippen LogP contribution in [0.4, 0.5) is 0 Å². The lowest BCUT2D eigenvalue weighted by molar-refractivity contribution is 0.0697. The number of piperazine rings is 1. The van der Waals surface area contributed by atoms with E-state index in [-0.39, 0.29) is 0 Å². The standard InChI is InChI=1S/C16H32N2O2S/c1-14(2)11-15-12-17-16(7-4-5-8-16)13-18(15)9-6-10-21(3,19)20/h14-15,17H,4-13H2,1-3H3. The molecule has 21 heavy (non-hydrogen) atoms. The van der Waals surface area contributed by atoms with Crippen molar-refractivity contribution in [1.82, 2.24) is 10.2 Å². The Balaban J connectivity index is 1.95. The Morgan fingerprint density at radius 1 is 1.29 bits per heavy atom. The molecule has 4 nitrogen and oxygen atoms in total. The van der Waals surface area contributed by atoms with E-state index in [1.54, 1.807) is 0 Å². The summed E-state index contributed by atoms with van der Waals surface area (Å²) < 4.78 is 22.7. The zero-order valence-corrected chi connectivity index (χ0v) is 14.7. The summed E-state index contributed by atoms with van der Waals surface area (Å²) in [5.74, 6) is 1.00. The molecule has 0 aromatic rings. The minimum absolute atomic E-state index is 0.318. The van der Waals surface area contributed by atoms with Gasteiger partial charge in [-0.1, -0.05) is 26.7 Å². The summed E-state index contributed by atoms with van der Waals surface area (Å²) in [6, 6.07) is 0.566. The molecule has 124 valence electrons. The monoisotopic (exact) mass is 316 g/mol.